The van der Waals surface area contributed by atoms with Crippen molar-refractivity contribution in [3.05, 3.63) is 54.1 Å². The molecule has 3 aromatic rings. The molecule has 0 fully saturated rings. The zero-order valence-corrected chi connectivity index (χ0v) is 15.9. The molecular formula is C21H23N5O. The van der Waals surface area contributed by atoms with Gasteiger partial charge in [-0.25, -0.2) is 9.97 Å². The first-order chi connectivity index (χ1) is 13.1. The molecule has 1 atom stereocenters. The summed E-state index contributed by atoms with van der Waals surface area (Å²) in [5.74, 6) is 0.774. The highest BCUT2D eigenvalue weighted by atomic mass is 16.6. The Balaban J connectivity index is 1.55. The number of rotatable bonds is 5. The zero-order valence-electron chi connectivity index (χ0n) is 15.9. The molecule has 0 amide bonds. The second-order valence-corrected chi connectivity index (χ2v) is 6.90. The van der Waals surface area contributed by atoms with Crippen molar-refractivity contribution in [2.75, 3.05) is 0 Å². The number of hydrogen-bond donors (Lipinski definition) is 0. The molecule has 0 aliphatic carbocycles. The van der Waals surface area contributed by atoms with Gasteiger partial charge in [0.2, 0.25) is 0 Å². The summed E-state index contributed by atoms with van der Waals surface area (Å²) in [4.78, 5) is 14.4. The Labute approximate surface area is 158 Å². The van der Waals surface area contributed by atoms with Crippen LogP contribution in [0.25, 0.3) is 22.5 Å². The molecule has 0 N–H and O–H groups in total. The van der Waals surface area contributed by atoms with Crippen LogP contribution in [-0.4, -0.2) is 31.6 Å². The summed E-state index contributed by atoms with van der Waals surface area (Å²) >= 11 is 0. The van der Waals surface area contributed by atoms with Gasteiger partial charge in [0.15, 0.2) is 6.10 Å². The van der Waals surface area contributed by atoms with Crippen molar-refractivity contribution in [3.8, 4) is 22.5 Å². The van der Waals surface area contributed by atoms with Crippen LogP contribution in [0.4, 0.5) is 0 Å². The van der Waals surface area contributed by atoms with Crippen LogP contribution >= 0.6 is 0 Å². The van der Waals surface area contributed by atoms with Gasteiger partial charge in [0.1, 0.15) is 5.82 Å². The van der Waals surface area contributed by atoms with E-state index in [0.29, 0.717) is 6.54 Å². The molecule has 3 heterocycles. The molecule has 1 aromatic carbocycles. The fraction of sp³-hybridized carbons (Fsp3) is 0.333. The monoisotopic (exact) mass is 361 g/mol. The van der Waals surface area contributed by atoms with E-state index in [1.807, 2.05) is 43.1 Å². The molecule has 6 nitrogen and oxygen atoms in total. The molecule has 0 spiro atoms. The molecule has 0 bridgehead atoms. The van der Waals surface area contributed by atoms with Crippen LogP contribution in [0.15, 0.2) is 47.9 Å². The number of benzene rings is 1. The van der Waals surface area contributed by atoms with Crippen LogP contribution in [-0.2, 0) is 11.4 Å². The van der Waals surface area contributed by atoms with Gasteiger partial charge in [-0.2, -0.15) is 5.10 Å². The van der Waals surface area contributed by atoms with E-state index in [2.05, 4.69) is 40.2 Å². The molecule has 138 valence electrons. The standard InChI is InChI=1S/C21H23N5O/c1-4-18-11-19(27-25-18)13-26-9-8-20(24-26)16-6-5-7-17(10-16)21-14(2)12-22-15(3)23-21/h5-10,12,19H,4,11,13H2,1-3H3/t19-/m0/s1. The Morgan fingerprint density at radius 1 is 1.19 bits per heavy atom. The van der Waals surface area contributed by atoms with Gasteiger partial charge in [0.25, 0.3) is 0 Å². The van der Waals surface area contributed by atoms with Gasteiger partial charge >= 0.3 is 0 Å². The number of aryl methyl sites for hydroxylation is 2. The van der Waals surface area contributed by atoms with E-state index >= 15 is 0 Å². The third kappa shape index (κ3) is 3.74. The third-order valence-corrected chi connectivity index (χ3v) is 4.76. The molecule has 27 heavy (non-hydrogen) atoms. The van der Waals surface area contributed by atoms with E-state index in [1.54, 1.807) is 0 Å². The van der Waals surface area contributed by atoms with Gasteiger partial charge < -0.3 is 4.84 Å². The first-order valence-corrected chi connectivity index (χ1v) is 9.28. The van der Waals surface area contributed by atoms with Gasteiger partial charge in [-0.3, -0.25) is 4.68 Å². The lowest BCUT2D eigenvalue weighted by Crippen LogP contribution is -2.16. The first kappa shape index (κ1) is 17.4. The zero-order chi connectivity index (χ0) is 18.8. The van der Waals surface area contributed by atoms with Crippen LogP contribution in [0.3, 0.4) is 0 Å². The molecule has 0 saturated carbocycles. The molecule has 0 radical (unpaired) electrons. The third-order valence-electron chi connectivity index (χ3n) is 4.76. The number of oxime groups is 1. The lowest BCUT2D eigenvalue weighted by Gasteiger charge is -2.08. The summed E-state index contributed by atoms with van der Waals surface area (Å²) < 4.78 is 1.93. The van der Waals surface area contributed by atoms with Gasteiger partial charge in [0.05, 0.1) is 23.6 Å². The van der Waals surface area contributed by atoms with Gasteiger partial charge in [-0.05, 0) is 38.0 Å². The maximum absolute atomic E-state index is 5.49. The molecular weight excluding hydrogens is 338 g/mol. The number of hydrogen-bond acceptors (Lipinski definition) is 5. The van der Waals surface area contributed by atoms with Gasteiger partial charge in [0, 0.05) is 29.9 Å². The Kier molecular flexibility index (Phi) is 4.71. The van der Waals surface area contributed by atoms with Gasteiger partial charge in [-0.1, -0.05) is 30.3 Å². The number of nitrogens with zero attached hydrogens (tertiary/aromatic N) is 5. The fourth-order valence-corrected chi connectivity index (χ4v) is 3.27. The predicted molar refractivity (Wildman–Crippen MR) is 105 cm³/mol. The second kappa shape index (κ2) is 7.31. The van der Waals surface area contributed by atoms with Crippen LogP contribution < -0.4 is 0 Å². The largest absolute Gasteiger partial charge is 0.390 e. The maximum atomic E-state index is 5.49. The normalized spacial score (nSPS) is 16.3. The van der Waals surface area contributed by atoms with Crippen LogP contribution in [0.2, 0.25) is 0 Å². The molecule has 1 aliphatic rings. The summed E-state index contributed by atoms with van der Waals surface area (Å²) in [5.41, 5.74) is 6.23. The summed E-state index contributed by atoms with van der Waals surface area (Å²) in [6.45, 7) is 6.75. The molecule has 6 heteroatoms. The summed E-state index contributed by atoms with van der Waals surface area (Å²) in [6.07, 6.45) is 5.76. The van der Waals surface area contributed by atoms with Crippen molar-refractivity contribution >= 4 is 5.71 Å². The van der Waals surface area contributed by atoms with E-state index in [1.165, 1.54) is 0 Å². The topological polar surface area (TPSA) is 65.2 Å². The molecule has 0 unspecified atom stereocenters. The van der Waals surface area contributed by atoms with Crippen molar-refractivity contribution in [3.63, 3.8) is 0 Å². The summed E-state index contributed by atoms with van der Waals surface area (Å²) in [6, 6.07) is 10.4. The van der Waals surface area contributed by atoms with Crippen molar-refractivity contribution in [1.82, 2.24) is 19.7 Å². The Morgan fingerprint density at radius 2 is 2.04 bits per heavy atom. The Bertz CT molecular complexity index is 992. The van der Waals surface area contributed by atoms with Crippen molar-refractivity contribution in [2.24, 2.45) is 5.16 Å². The van der Waals surface area contributed by atoms with Gasteiger partial charge in [-0.15, -0.1) is 0 Å². The highest BCUT2D eigenvalue weighted by Crippen LogP contribution is 2.26. The lowest BCUT2D eigenvalue weighted by molar-refractivity contribution is 0.0698. The molecule has 1 aliphatic heterocycles. The molecule has 0 saturated heterocycles. The smallest absolute Gasteiger partial charge is 0.152 e. The minimum absolute atomic E-state index is 0.0747. The Morgan fingerprint density at radius 3 is 2.85 bits per heavy atom. The van der Waals surface area contributed by atoms with Crippen LogP contribution in [0, 0.1) is 13.8 Å². The SMILES string of the molecule is CCC1=NO[C@H](Cn2ccc(-c3cccc(-c4nc(C)ncc4C)c3)n2)C1. The second-order valence-electron chi connectivity index (χ2n) is 6.90. The van der Waals surface area contributed by atoms with Crippen LogP contribution in [0.1, 0.15) is 31.2 Å². The maximum Gasteiger partial charge on any atom is 0.152 e. The van der Waals surface area contributed by atoms with E-state index < -0.39 is 0 Å². The van der Waals surface area contributed by atoms with Crippen molar-refractivity contribution in [1.29, 1.82) is 0 Å². The molecule has 4 rings (SSSR count). The summed E-state index contributed by atoms with van der Waals surface area (Å²) in [5, 5.41) is 8.84. The average molecular weight is 361 g/mol. The Hall–Kier alpha value is -3.02. The highest BCUT2D eigenvalue weighted by molar-refractivity contribution is 5.85. The van der Waals surface area contributed by atoms with E-state index in [0.717, 1.165) is 52.5 Å². The van der Waals surface area contributed by atoms with Crippen LogP contribution in [0.5, 0.6) is 0 Å². The average Bonchev–Trinajstić information content (AvgIpc) is 3.33. The van der Waals surface area contributed by atoms with E-state index in [9.17, 15) is 0 Å². The minimum atomic E-state index is 0.0747. The number of aromatic nitrogens is 4. The quantitative estimate of drug-likeness (QED) is 0.684. The fourth-order valence-electron chi connectivity index (χ4n) is 3.27. The minimum Gasteiger partial charge on any atom is -0.390 e. The van der Waals surface area contributed by atoms with E-state index in [4.69, 9.17) is 9.94 Å². The van der Waals surface area contributed by atoms with E-state index in [-0.39, 0.29) is 6.10 Å². The van der Waals surface area contributed by atoms with Crippen molar-refractivity contribution in [2.45, 2.75) is 46.3 Å². The van der Waals surface area contributed by atoms with Crippen molar-refractivity contribution < 1.29 is 4.84 Å². The summed E-state index contributed by atoms with van der Waals surface area (Å²) in [7, 11) is 0. The predicted octanol–water partition coefficient (Wildman–Crippen LogP) is 4.18. The first-order valence-electron chi connectivity index (χ1n) is 9.28. The molecule has 2 aromatic heterocycles. The lowest BCUT2D eigenvalue weighted by atomic mass is 10.0. The highest BCUT2D eigenvalue weighted by Gasteiger charge is 2.20.